The second kappa shape index (κ2) is 4.61. The monoisotopic (exact) mass is 266 g/mol. The Kier molecular flexibility index (Phi) is 3.13. The summed E-state index contributed by atoms with van der Waals surface area (Å²) < 4.78 is 0. The van der Waals surface area contributed by atoms with E-state index in [1.54, 1.807) is 0 Å². The minimum absolute atomic E-state index is 0.0829. The number of nitrogens with zero attached hydrogens (tertiary/aromatic N) is 3. The van der Waals surface area contributed by atoms with E-state index in [2.05, 4.69) is 4.98 Å². The molecule has 1 aliphatic rings. The van der Waals surface area contributed by atoms with Gasteiger partial charge in [-0.15, -0.1) is 0 Å². The molecule has 1 amide bonds. The van der Waals surface area contributed by atoms with Crippen molar-refractivity contribution < 1.29 is 19.6 Å². The summed E-state index contributed by atoms with van der Waals surface area (Å²) in [5, 5.41) is 19.7. The third-order valence-electron chi connectivity index (χ3n) is 2.70. The van der Waals surface area contributed by atoms with Crippen LogP contribution in [0.4, 0.5) is 11.5 Å². The molecule has 0 saturated carbocycles. The molecule has 1 aromatic rings. The molecule has 0 aromatic carbocycles. The van der Waals surface area contributed by atoms with E-state index in [-0.39, 0.29) is 30.3 Å². The van der Waals surface area contributed by atoms with E-state index in [1.807, 2.05) is 0 Å². The molecule has 0 radical (unpaired) electrons. The molecular weight excluding hydrogens is 256 g/mol. The number of hydrogen-bond acceptors (Lipinski definition) is 6. The van der Waals surface area contributed by atoms with E-state index < -0.39 is 22.6 Å². The third-order valence-corrected chi connectivity index (χ3v) is 2.70. The second-order valence-electron chi connectivity index (χ2n) is 4.10. The van der Waals surface area contributed by atoms with Gasteiger partial charge in [0.05, 0.1) is 10.5 Å². The van der Waals surface area contributed by atoms with Crippen molar-refractivity contribution in [3.05, 3.63) is 27.9 Å². The van der Waals surface area contributed by atoms with Crippen LogP contribution in [0, 0.1) is 10.1 Å². The second-order valence-corrected chi connectivity index (χ2v) is 4.10. The molecule has 0 spiro atoms. The van der Waals surface area contributed by atoms with Gasteiger partial charge in [0, 0.05) is 31.3 Å². The zero-order valence-corrected chi connectivity index (χ0v) is 9.65. The molecule has 1 atom stereocenters. The molecule has 0 bridgehead atoms. The number of carboxylic acids is 1. The van der Waals surface area contributed by atoms with E-state index in [0.717, 1.165) is 17.2 Å². The highest BCUT2D eigenvalue weighted by Gasteiger charge is 2.34. The Morgan fingerprint density at radius 3 is 2.79 bits per heavy atom. The first-order chi connectivity index (χ1) is 8.90. The molecule has 2 rings (SSSR count). The van der Waals surface area contributed by atoms with Gasteiger partial charge in [-0.2, -0.15) is 0 Å². The quantitative estimate of drug-likeness (QED) is 0.567. The van der Waals surface area contributed by atoms with Crippen LogP contribution in [-0.4, -0.2) is 39.5 Å². The fourth-order valence-corrected chi connectivity index (χ4v) is 1.85. The molecule has 19 heavy (non-hydrogen) atoms. The number of anilines is 1. The van der Waals surface area contributed by atoms with Gasteiger partial charge in [-0.1, -0.05) is 0 Å². The van der Waals surface area contributed by atoms with Gasteiger partial charge < -0.3 is 10.8 Å². The zero-order valence-electron chi connectivity index (χ0n) is 9.65. The van der Waals surface area contributed by atoms with Crippen LogP contribution < -0.4 is 10.6 Å². The highest BCUT2D eigenvalue weighted by atomic mass is 16.6. The number of rotatable bonds is 3. The molecule has 1 unspecified atom stereocenters. The topological polar surface area (TPSA) is 140 Å². The number of carbonyl (C=O) groups is 2. The Morgan fingerprint density at radius 2 is 2.32 bits per heavy atom. The average Bonchev–Trinajstić information content (AvgIpc) is 2.67. The van der Waals surface area contributed by atoms with Gasteiger partial charge in [-0.05, 0) is 0 Å². The SMILES string of the molecule is NC1CC(=O)N(c2ncc(C(=O)O)cc2[N+](=O)[O-])C1. The summed E-state index contributed by atoms with van der Waals surface area (Å²) >= 11 is 0. The summed E-state index contributed by atoms with van der Waals surface area (Å²) in [4.78, 5) is 37.4. The van der Waals surface area contributed by atoms with Crippen molar-refractivity contribution >= 4 is 23.4 Å². The largest absolute Gasteiger partial charge is 0.478 e. The predicted octanol–water partition coefficient (Wildman–Crippen LogP) is -0.248. The normalized spacial score (nSPS) is 18.7. The van der Waals surface area contributed by atoms with Crippen molar-refractivity contribution in [3.8, 4) is 0 Å². The number of aromatic nitrogens is 1. The fourth-order valence-electron chi connectivity index (χ4n) is 1.85. The van der Waals surface area contributed by atoms with Crippen LogP contribution >= 0.6 is 0 Å². The van der Waals surface area contributed by atoms with E-state index in [9.17, 15) is 19.7 Å². The molecule has 9 nitrogen and oxygen atoms in total. The van der Waals surface area contributed by atoms with Crippen LogP contribution in [0.3, 0.4) is 0 Å². The Bertz CT molecular complexity index is 573. The number of pyridine rings is 1. The van der Waals surface area contributed by atoms with E-state index >= 15 is 0 Å². The standard InChI is InChI=1S/C10H10N4O5/c11-6-2-8(15)13(4-6)9-7(14(18)19)1-5(3-12-9)10(16)17/h1,3,6H,2,4,11H2,(H,16,17). The van der Waals surface area contributed by atoms with Crippen molar-refractivity contribution in [2.75, 3.05) is 11.4 Å². The van der Waals surface area contributed by atoms with E-state index in [4.69, 9.17) is 10.8 Å². The Hall–Kier alpha value is -2.55. The van der Waals surface area contributed by atoms with E-state index in [1.165, 1.54) is 0 Å². The molecular formula is C10H10N4O5. The van der Waals surface area contributed by atoms with Crippen molar-refractivity contribution in [2.24, 2.45) is 5.73 Å². The smallest absolute Gasteiger partial charge is 0.337 e. The predicted molar refractivity (Wildman–Crippen MR) is 62.8 cm³/mol. The summed E-state index contributed by atoms with van der Waals surface area (Å²) in [6.07, 6.45) is 1.06. The molecule has 3 N–H and O–H groups in total. The minimum atomic E-state index is -1.33. The Balaban J connectivity index is 2.48. The Morgan fingerprint density at radius 1 is 1.63 bits per heavy atom. The summed E-state index contributed by atoms with van der Waals surface area (Å²) in [6, 6.07) is 0.468. The van der Waals surface area contributed by atoms with Crippen molar-refractivity contribution in [3.63, 3.8) is 0 Å². The van der Waals surface area contributed by atoms with Gasteiger partial charge in [0.2, 0.25) is 11.7 Å². The molecule has 9 heteroatoms. The van der Waals surface area contributed by atoms with Gasteiger partial charge in [-0.3, -0.25) is 19.8 Å². The first kappa shape index (κ1) is 12.9. The highest BCUT2D eigenvalue weighted by Crippen LogP contribution is 2.29. The third kappa shape index (κ3) is 2.36. The van der Waals surface area contributed by atoms with Gasteiger partial charge in [-0.25, -0.2) is 9.78 Å². The number of amides is 1. The fraction of sp³-hybridized carbons (Fsp3) is 0.300. The molecule has 1 aliphatic heterocycles. The lowest BCUT2D eigenvalue weighted by atomic mass is 10.2. The average molecular weight is 266 g/mol. The highest BCUT2D eigenvalue weighted by molar-refractivity contribution is 5.98. The van der Waals surface area contributed by atoms with Gasteiger partial charge >= 0.3 is 11.7 Å². The molecule has 1 aromatic heterocycles. The lowest BCUT2D eigenvalue weighted by Gasteiger charge is -2.14. The van der Waals surface area contributed by atoms with Gasteiger partial charge in [0.15, 0.2) is 0 Å². The molecule has 0 aliphatic carbocycles. The number of nitro groups is 1. The van der Waals surface area contributed by atoms with Crippen molar-refractivity contribution in [1.29, 1.82) is 0 Å². The van der Waals surface area contributed by atoms with Gasteiger partial charge in [0.1, 0.15) is 0 Å². The summed E-state index contributed by atoms with van der Waals surface area (Å²) in [7, 11) is 0. The van der Waals surface area contributed by atoms with Gasteiger partial charge in [0.25, 0.3) is 0 Å². The summed E-state index contributed by atoms with van der Waals surface area (Å²) in [6.45, 7) is 0.124. The first-order valence-corrected chi connectivity index (χ1v) is 5.34. The molecule has 100 valence electrons. The van der Waals surface area contributed by atoms with Crippen LogP contribution in [-0.2, 0) is 4.79 Å². The number of carboxylic acid groups (broad SMARTS) is 1. The van der Waals surface area contributed by atoms with Crippen molar-refractivity contribution in [2.45, 2.75) is 12.5 Å². The van der Waals surface area contributed by atoms with Crippen LogP contribution in [0.2, 0.25) is 0 Å². The molecule has 1 fully saturated rings. The van der Waals surface area contributed by atoms with Crippen LogP contribution in [0.1, 0.15) is 16.8 Å². The number of nitrogens with two attached hydrogens (primary N) is 1. The molecule has 2 heterocycles. The van der Waals surface area contributed by atoms with Crippen molar-refractivity contribution in [1.82, 2.24) is 4.98 Å². The first-order valence-electron chi connectivity index (χ1n) is 5.34. The summed E-state index contributed by atoms with van der Waals surface area (Å²) in [5.41, 5.74) is 4.76. The maximum absolute atomic E-state index is 11.6. The lowest BCUT2D eigenvalue weighted by Crippen LogP contribution is -2.29. The summed E-state index contributed by atoms with van der Waals surface area (Å²) in [5.74, 6) is -1.87. The van der Waals surface area contributed by atoms with E-state index in [0.29, 0.717) is 0 Å². The van der Waals surface area contributed by atoms with Crippen LogP contribution in [0.25, 0.3) is 0 Å². The minimum Gasteiger partial charge on any atom is -0.478 e. The maximum Gasteiger partial charge on any atom is 0.337 e. The zero-order chi connectivity index (χ0) is 14.2. The number of aromatic carboxylic acids is 1. The number of carbonyl (C=O) groups excluding carboxylic acids is 1. The maximum atomic E-state index is 11.6. The van der Waals surface area contributed by atoms with Crippen LogP contribution in [0.5, 0.6) is 0 Å². The molecule has 1 saturated heterocycles. The Labute approximate surface area is 106 Å². The lowest BCUT2D eigenvalue weighted by molar-refractivity contribution is -0.384. The van der Waals surface area contributed by atoms with Crippen LogP contribution in [0.15, 0.2) is 12.3 Å². The number of hydrogen-bond donors (Lipinski definition) is 2.